The zero-order valence-electron chi connectivity index (χ0n) is 10.8. The maximum Gasteiger partial charge on any atom is 0.342 e. The largest absolute Gasteiger partial charge is 0.497 e. The molecule has 0 saturated carbocycles. The predicted molar refractivity (Wildman–Crippen MR) is 71.1 cm³/mol. The van der Waals surface area contributed by atoms with Gasteiger partial charge < -0.3 is 9.84 Å². The highest BCUT2D eigenvalue weighted by Gasteiger charge is 2.22. The highest BCUT2D eigenvalue weighted by Crippen LogP contribution is 2.30. The van der Waals surface area contributed by atoms with Crippen molar-refractivity contribution < 1.29 is 14.6 Å². The van der Waals surface area contributed by atoms with E-state index in [1.54, 1.807) is 7.11 Å². The van der Waals surface area contributed by atoms with E-state index >= 15 is 0 Å². The standard InChI is InChI=1S/C14H12N2O4/c1-20-9-3-2-8-4-5-16-12(10(8)6-9)15-7-11(13(16)17)14(18)19/h2-3,6-7H,4-5H2,1H3,(H,18,19). The number of hydrogen-bond acceptors (Lipinski definition) is 4. The Balaban J connectivity index is 2.25. The Hall–Kier alpha value is -2.63. The lowest BCUT2D eigenvalue weighted by Crippen LogP contribution is -2.31. The molecule has 0 spiro atoms. The monoisotopic (exact) mass is 272 g/mol. The summed E-state index contributed by atoms with van der Waals surface area (Å²) < 4.78 is 6.59. The third-order valence-corrected chi connectivity index (χ3v) is 3.44. The van der Waals surface area contributed by atoms with E-state index in [0.29, 0.717) is 24.5 Å². The summed E-state index contributed by atoms with van der Waals surface area (Å²) in [6.45, 7) is 0.432. The smallest absolute Gasteiger partial charge is 0.342 e. The lowest BCUT2D eigenvalue weighted by atomic mass is 10.00. The van der Waals surface area contributed by atoms with Gasteiger partial charge in [-0.3, -0.25) is 9.36 Å². The van der Waals surface area contributed by atoms with Crippen LogP contribution in [0.1, 0.15) is 15.9 Å². The predicted octanol–water partition coefficient (Wildman–Crippen LogP) is 1.17. The number of aromatic nitrogens is 2. The fraction of sp³-hybridized carbons (Fsp3) is 0.214. The average Bonchev–Trinajstić information content (AvgIpc) is 2.46. The normalized spacial score (nSPS) is 12.4. The van der Waals surface area contributed by atoms with Crippen LogP contribution in [0.15, 0.2) is 29.2 Å². The molecule has 0 atom stereocenters. The number of benzene rings is 1. The Labute approximate surface area is 114 Å². The summed E-state index contributed by atoms with van der Waals surface area (Å²) in [6, 6.07) is 5.61. The molecule has 20 heavy (non-hydrogen) atoms. The molecule has 2 heterocycles. The van der Waals surface area contributed by atoms with Crippen LogP contribution in [0.25, 0.3) is 11.4 Å². The van der Waals surface area contributed by atoms with Gasteiger partial charge in [-0.25, -0.2) is 9.78 Å². The van der Waals surface area contributed by atoms with E-state index in [4.69, 9.17) is 9.84 Å². The molecule has 102 valence electrons. The van der Waals surface area contributed by atoms with Gasteiger partial charge in [0.2, 0.25) is 0 Å². The van der Waals surface area contributed by atoms with Crippen LogP contribution in [0.3, 0.4) is 0 Å². The Kier molecular flexibility index (Phi) is 2.78. The molecule has 0 radical (unpaired) electrons. The van der Waals surface area contributed by atoms with Crippen molar-refractivity contribution in [2.45, 2.75) is 13.0 Å². The van der Waals surface area contributed by atoms with Crippen LogP contribution in [0.5, 0.6) is 5.75 Å². The minimum absolute atomic E-state index is 0.305. The fourth-order valence-electron chi connectivity index (χ4n) is 2.40. The quantitative estimate of drug-likeness (QED) is 0.887. The van der Waals surface area contributed by atoms with Gasteiger partial charge in [0.25, 0.3) is 5.56 Å². The molecule has 2 aromatic rings. The first-order valence-electron chi connectivity index (χ1n) is 6.12. The fourth-order valence-corrected chi connectivity index (χ4v) is 2.40. The molecule has 6 heteroatoms. The summed E-state index contributed by atoms with van der Waals surface area (Å²) in [4.78, 5) is 27.3. The van der Waals surface area contributed by atoms with Crippen molar-refractivity contribution in [2.75, 3.05) is 7.11 Å². The second-order valence-electron chi connectivity index (χ2n) is 4.53. The summed E-state index contributed by atoms with van der Waals surface area (Å²) in [5, 5.41) is 8.97. The van der Waals surface area contributed by atoms with Crippen LogP contribution < -0.4 is 10.3 Å². The molecule has 3 rings (SSSR count). The molecule has 0 fully saturated rings. The Morgan fingerprint density at radius 2 is 2.25 bits per heavy atom. The zero-order valence-corrected chi connectivity index (χ0v) is 10.8. The van der Waals surface area contributed by atoms with Gasteiger partial charge in [-0.2, -0.15) is 0 Å². The molecular weight excluding hydrogens is 260 g/mol. The van der Waals surface area contributed by atoms with Crippen LogP contribution in [-0.2, 0) is 13.0 Å². The van der Waals surface area contributed by atoms with E-state index in [1.165, 1.54) is 4.57 Å². The van der Waals surface area contributed by atoms with E-state index in [9.17, 15) is 9.59 Å². The Bertz CT molecular complexity index is 764. The number of carbonyl (C=O) groups is 1. The van der Waals surface area contributed by atoms with Crippen molar-refractivity contribution in [3.8, 4) is 17.1 Å². The number of nitrogens with zero attached hydrogens (tertiary/aromatic N) is 2. The third-order valence-electron chi connectivity index (χ3n) is 3.44. The van der Waals surface area contributed by atoms with Gasteiger partial charge in [-0.1, -0.05) is 6.07 Å². The summed E-state index contributed by atoms with van der Waals surface area (Å²) in [6.07, 6.45) is 1.78. The number of fused-ring (bicyclic) bond motifs is 3. The molecule has 0 aliphatic carbocycles. The SMILES string of the molecule is COc1ccc2c(c1)-c1ncc(C(=O)O)c(=O)n1CC2. The molecule has 1 aromatic carbocycles. The average molecular weight is 272 g/mol. The summed E-state index contributed by atoms with van der Waals surface area (Å²) >= 11 is 0. The number of carboxylic acids is 1. The molecule has 0 bridgehead atoms. The molecule has 1 N–H and O–H groups in total. The van der Waals surface area contributed by atoms with Crippen molar-refractivity contribution in [1.29, 1.82) is 0 Å². The summed E-state index contributed by atoms with van der Waals surface area (Å²) in [7, 11) is 1.57. The lowest BCUT2D eigenvalue weighted by molar-refractivity contribution is 0.0693. The molecular formula is C14H12N2O4. The number of rotatable bonds is 2. The van der Waals surface area contributed by atoms with E-state index < -0.39 is 11.5 Å². The number of carboxylic acid groups (broad SMARTS) is 1. The van der Waals surface area contributed by atoms with E-state index in [2.05, 4.69) is 4.98 Å². The van der Waals surface area contributed by atoms with E-state index in [-0.39, 0.29) is 5.56 Å². The van der Waals surface area contributed by atoms with Crippen molar-refractivity contribution in [3.05, 3.63) is 45.9 Å². The third kappa shape index (κ3) is 1.77. The van der Waals surface area contributed by atoms with Crippen LogP contribution in [0, 0.1) is 0 Å². The number of hydrogen-bond donors (Lipinski definition) is 1. The molecule has 0 amide bonds. The topological polar surface area (TPSA) is 81.4 Å². The van der Waals surface area contributed by atoms with Crippen molar-refractivity contribution >= 4 is 5.97 Å². The maximum atomic E-state index is 12.1. The number of aryl methyl sites for hydroxylation is 1. The van der Waals surface area contributed by atoms with Gasteiger partial charge in [0.05, 0.1) is 7.11 Å². The number of aromatic carboxylic acids is 1. The summed E-state index contributed by atoms with van der Waals surface area (Å²) in [5.41, 5.74) is 1.06. The second-order valence-corrected chi connectivity index (χ2v) is 4.53. The van der Waals surface area contributed by atoms with Crippen LogP contribution in [0.4, 0.5) is 0 Å². The molecule has 6 nitrogen and oxygen atoms in total. The van der Waals surface area contributed by atoms with Gasteiger partial charge >= 0.3 is 5.97 Å². The number of ether oxygens (including phenoxy) is 1. The first kappa shape index (κ1) is 12.4. The summed E-state index contributed by atoms with van der Waals surface area (Å²) in [5.74, 6) is -0.0943. The molecule has 1 aliphatic heterocycles. The van der Waals surface area contributed by atoms with E-state index in [0.717, 1.165) is 17.3 Å². The lowest BCUT2D eigenvalue weighted by Gasteiger charge is -2.21. The highest BCUT2D eigenvalue weighted by molar-refractivity contribution is 5.87. The minimum Gasteiger partial charge on any atom is -0.497 e. The van der Waals surface area contributed by atoms with Crippen molar-refractivity contribution in [2.24, 2.45) is 0 Å². The molecule has 0 saturated heterocycles. The zero-order chi connectivity index (χ0) is 14.3. The van der Waals surface area contributed by atoms with Gasteiger partial charge in [0, 0.05) is 18.3 Å². The maximum absolute atomic E-state index is 12.1. The van der Waals surface area contributed by atoms with Crippen LogP contribution >= 0.6 is 0 Å². The van der Waals surface area contributed by atoms with Crippen LogP contribution in [0.2, 0.25) is 0 Å². The highest BCUT2D eigenvalue weighted by atomic mass is 16.5. The van der Waals surface area contributed by atoms with Gasteiger partial charge in [-0.15, -0.1) is 0 Å². The molecule has 1 aromatic heterocycles. The minimum atomic E-state index is -1.26. The molecule has 1 aliphatic rings. The van der Waals surface area contributed by atoms with Gasteiger partial charge in [-0.05, 0) is 24.1 Å². The van der Waals surface area contributed by atoms with Crippen molar-refractivity contribution in [1.82, 2.24) is 9.55 Å². The first-order valence-corrected chi connectivity index (χ1v) is 6.12. The van der Waals surface area contributed by atoms with Crippen molar-refractivity contribution in [3.63, 3.8) is 0 Å². The van der Waals surface area contributed by atoms with Gasteiger partial charge in [0.1, 0.15) is 17.1 Å². The number of methoxy groups -OCH3 is 1. The Morgan fingerprint density at radius 1 is 1.45 bits per heavy atom. The van der Waals surface area contributed by atoms with E-state index in [1.807, 2.05) is 18.2 Å². The Morgan fingerprint density at radius 3 is 2.95 bits per heavy atom. The van der Waals surface area contributed by atoms with Crippen LogP contribution in [-0.4, -0.2) is 27.7 Å². The molecule has 0 unspecified atom stereocenters. The first-order chi connectivity index (χ1) is 9.61. The second kappa shape index (κ2) is 4.48. The van der Waals surface area contributed by atoms with Gasteiger partial charge in [0.15, 0.2) is 0 Å².